The number of carbonyl (C=O) groups is 1. The third-order valence-electron chi connectivity index (χ3n) is 3.47. The van der Waals surface area contributed by atoms with Gasteiger partial charge in [-0.05, 0) is 36.6 Å². The molecule has 6 nitrogen and oxygen atoms in total. The smallest absolute Gasteiger partial charge is 0.270 e. The minimum atomic E-state index is -0.560. The van der Waals surface area contributed by atoms with Crippen LogP contribution in [-0.4, -0.2) is 24.5 Å². The van der Waals surface area contributed by atoms with Crippen LogP contribution in [0.3, 0.4) is 0 Å². The number of carbonyl (C=O) groups excluding carboxylic acids is 1. The number of nitrogens with zero attached hydrogens (tertiary/aromatic N) is 1. The Morgan fingerprint density at radius 1 is 1.29 bits per heavy atom. The van der Waals surface area contributed by atoms with Gasteiger partial charge in [-0.2, -0.15) is 0 Å². The summed E-state index contributed by atoms with van der Waals surface area (Å²) >= 11 is 5.94. The molecule has 0 unspecified atom stereocenters. The predicted molar refractivity (Wildman–Crippen MR) is 91.8 cm³/mol. The zero-order chi connectivity index (χ0) is 17.5. The molecule has 0 saturated carbocycles. The van der Waals surface area contributed by atoms with Crippen molar-refractivity contribution in [2.75, 3.05) is 13.7 Å². The van der Waals surface area contributed by atoms with E-state index in [0.717, 1.165) is 24.2 Å². The first-order valence-corrected chi connectivity index (χ1v) is 7.74. The highest BCUT2D eigenvalue weighted by Gasteiger charge is 2.15. The Labute approximate surface area is 144 Å². The molecule has 0 spiro atoms. The molecule has 0 aliphatic heterocycles. The number of ether oxygens (including phenoxy) is 1. The Bertz CT molecular complexity index is 749. The lowest BCUT2D eigenvalue weighted by molar-refractivity contribution is -0.384. The summed E-state index contributed by atoms with van der Waals surface area (Å²) in [6.07, 6.45) is 1.51. The van der Waals surface area contributed by atoms with Crippen LogP contribution in [0.15, 0.2) is 42.5 Å². The van der Waals surface area contributed by atoms with Crippen molar-refractivity contribution in [3.05, 3.63) is 68.7 Å². The van der Waals surface area contributed by atoms with Gasteiger partial charge in [0.25, 0.3) is 11.6 Å². The van der Waals surface area contributed by atoms with Crippen molar-refractivity contribution >= 4 is 23.2 Å². The van der Waals surface area contributed by atoms with E-state index in [4.69, 9.17) is 16.3 Å². The molecule has 0 atom stereocenters. The molecule has 0 heterocycles. The summed E-state index contributed by atoms with van der Waals surface area (Å²) in [5, 5.41) is 13.7. The van der Waals surface area contributed by atoms with Crippen LogP contribution in [0.25, 0.3) is 0 Å². The predicted octanol–water partition coefficient (Wildman–Crippen LogP) is 3.62. The van der Waals surface area contributed by atoms with Crippen molar-refractivity contribution in [3.8, 4) is 5.75 Å². The maximum absolute atomic E-state index is 12.1. The molecule has 2 rings (SSSR count). The molecular weight excluding hydrogens is 332 g/mol. The van der Waals surface area contributed by atoms with Crippen LogP contribution in [0.1, 0.15) is 22.3 Å². The van der Waals surface area contributed by atoms with Crippen molar-refractivity contribution in [1.29, 1.82) is 0 Å². The number of methoxy groups -OCH3 is 1. The van der Waals surface area contributed by atoms with Crippen molar-refractivity contribution in [3.63, 3.8) is 0 Å². The second kappa shape index (κ2) is 8.31. The summed E-state index contributed by atoms with van der Waals surface area (Å²) in [5.74, 6) is 0.370. The number of rotatable bonds is 7. The number of nitro groups is 1. The average Bonchev–Trinajstić information content (AvgIpc) is 2.59. The Kier molecular flexibility index (Phi) is 6.14. The molecule has 2 aromatic carbocycles. The second-order valence-electron chi connectivity index (χ2n) is 5.13. The minimum absolute atomic E-state index is 0.104. The van der Waals surface area contributed by atoms with E-state index in [1.54, 1.807) is 7.11 Å². The molecule has 0 aromatic heterocycles. The monoisotopic (exact) mass is 348 g/mol. The van der Waals surface area contributed by atoms with Crippen molar-refractivity contribution < 1.29 is 14.5 Å². The fourth-order valence-corrected chi connectivity index (χ4v) is 2.42. The van der Waals surface area contributed by atoms with Gasteiger partial charge in [0.1, 0.15) is 5.75 Å². The summed E-state index contributed by atoms with van der Waals surface area (Å²) in [4.78, 5) is 22.3. The van der Waals surface area contributed by atoms with Gasteiger partial charge in [0, 0.05) is 18.7 Å². The van der Waals surface area contributed by atoms with Gasteiger partial charge >= 0.3 is 0 Å². The van der Waals surface area contributed by atoms with E-state index in [-0.39, 0.29) is 16.3 Å². The zero-order valence-electron chi connectivity index (χ0n) is 13.1. The van der Waals surface area contributed by atoms with Gasteiger partial charge < -0.3 is 10.1 Å². The van der Waals surface area contributed by atoms with Crippen LogP contribution in [0.4, 0.5) is 5.69 Å². The van der Waals surface area contributed by atoms with Crippen LogP contribution in [0, 0.1) is 10.1 Å². The van der Waals surface area contributed by atoms with E-state index < -0.39 is 10.8 Å². The highest BCUT2D eigenvalue weighted by atomic mass is 35.5. The highest BCUT2D eigenvalue weighted by Crippen LogP contribution is 2.22. The molecule has 2 aromatic rings. The van der Waals surface area contributed by atoms with Gasteiger partial charge in [0.15, 0.2) is 0 Å². The number of benzene rings is 2. The molecule has 0 aliphatic rings. The van der Waals surface area contributed by atoms with Crippen LogP contribution >= 0.6 is 11.6 Å². The lowest BCUT2D eigenvalue weighted by Gasteiger charge is -2.07. The molecule has 0 aliphatic carbocycles. The van der Waals surface area contributed by atoms with Gasteiger partial charge in [-0.1, -0.05) is 23.7 Å². The fourth-order valence-electron chi connectivity index (χ4n) is 2.22. The molecule has 1 N–H and O–H groups in total. The number of nitro benzene ring substituents is 1. The number of aryl methyl sites for hydroxylation is 1. The quantitative estimate of drug-likeness (QED) is 0.470. The first-order chi connectivity index (χ1) is 11.5. The lowest BCUT2D eigenvalue weighted by atomic mass is 10.1. The maximum atomic E-state index is 12.1. The summed E-state index contributed by atoms with van der Waals surface area (Å²) in [6, 6.07) is 11.5. The third kappa shape index (κ3) is 4.70. The van der Waals surface area contributed by atoms with Gasteiger partial charge in [0.2, 0.25) is 0 Å². The van der Waals surface area contributed by atoms with E-state index in [9.17, 15) is 14.9 Å². The molecule has 126 valence electrons. The second-order valence-corrected chi connectivity index (χ2v) is 5.54. The summed E-state index contributed by atoms with van der Waals surface area (Å²) in [5.41, 5.74) is 1.05. The molecule has 24 heavy (non-hydrogen) atoms. The fraction of sp³-hybridized carbons (Fsp3) is 0.235. The number of hydrogen-bond acceptors (Lipinski definition) is 4. The zero-order valence-corrected chi connectivity index (χ0v) is 13.9. The third-order valence-corrected chi connectivity index (χ3v) is 3.80. The van der Waals surface area contributed by atoms with Crippen LogP contribution in [0.2, 0.25) is 5.02 Å². The summed E-state index contributed by atoms with van der Waals surface area (Å²) in [6.45, 7) is 0.440. The lowest BCUT2D eigenvalue weighted by Crippen LogP contribution is -2.25. The van der Waals surface area contributed by atoms with Gasteiger partial charge in [-0.3, -0.25) is 14.9 Å². The van der Waals surface area contributed by atoms with Crippen LogP contribution < -0.4 is 10.1 Å². The van der Waals surface area contributed by atoms with E-state index in [2.05, 4.69) is 5.32 Å². The first-order valence-electron chi connectivity index (χ1n) is 7.36. The Hall–Kier alpha value is -2.60. The molecule has 0 radical (unpaired) electrons. The van der Waals surface area contributed by atoms with Crippen LogP contribution in [-0.2, 0) is 6.42 Å². The van der Waals surface area contributed by atoms with E-state index in [1.807, 2.05) is 24.3 Å². The van der Waals surface area contributed by atoms with E-state index in [1.165, 1.54) is 18.2 Å². The minimum Gasteiger partial charge on any atom is -0.497 e. The Morgan fingerprint density at radius 3 is 2.79 bits per heavy atom. The number of non-ortho nitro benzene ring substituents is 1. The normalized spacial score (nSPS) is 10.2. The standard InChI is InChI=1S/C17H17ClN2O4/c1-24-14-6-2-4-12(10-14)5-3-9-19-17(21)15-11-13(20(22)23)7-8-16(15)18/h2,4,6-8,10-11H,3,5,9H2,1H3,(H,19,21). The highest BCUT2D eigenvalue weighted by molar-refractivity contribution is 6.33. The molecule has 0 saturated heterocycles. The topological polar surface area (TPSA) is 81.5 Å². The largest absolute Gasteiger partial charge is 0.497 e. The molecule has 1 amide bonds. The number of hydrogen-bond donors (Lipinski definition) is 1. The van der Waals surface area contributed by atoms with Gasteiger partial charge in [0.05, 0.1) is 22.6 Å². The molecule has 0 bridgehead atoms. The SMILES string of the molecule is COc1cccc(CCCNC(=O)c2cc([N+](=O)[O-])ccc2Cl)c1. The van der Waals surface area contributed by atoms with E-state index >= 15 is 0 Å². The van der Waals surface area contributed by atoms with E-state index in [0.29, 0.717) is 6.54 Å². The van der Waals surface area contributed by atoms with Gasteiger partial charge in [-0.25, -0.2) is 0 Å². The molecule has 0 fully saturated rings. The Morgan fingerprint density at radius 2 is 2.08 bits per heavy atom. The number of nitrogens with one attached hydrogen (secondary N) is 1. The van der Waals surface area contributed by atoms with Crippen LogP contribution in [0.5, 0.6) is 5.75 Å². The number of halogens is 1. The summed E-state index contributed by atoms with van der Waals surface area (Å²) in [7, 11) is 1.61. The summed E-state index contributed by atoms with van der Waals surface area (Å²) < 4.78 is 5.16. The average molecular weight is 349 g/mol. The maximum Gasteiger partial charge on any atom is 0.270 e. The first kappa shape index (κ1) is 17.7. The van der Waals surface area contributed by atoms with Gasteiger partial charge in [-0.15, -0.1) is 0 Å². The Balaban J connectivity index is 1.89. The van der Waals surface area contributed by atoms with Crippen molar-refractivity contribution in [2.45, 2.75) is 12.8 Å². The van der Waals surface area contributed by atoms with Crippen molar-refractivity contribution in [2.24, 2.45) is 0 Å². The number of amides is 1. The van der Waals surface area contributed by atoms with Crippen molar-refractivity contribution in [1.82, 2.24) is 5.32 Å². The molecular formula is C17H17ClN2O4. The molecule has 7 heteroatoms.